The van der Waals surface area contributed by atoms with Gasteiger partial charge in [0.05, 0.1) is 11.1 Å². The van der Waals surface area contributed by atoms with Crippen molar-refractivity contribution in [3.8, 4) is 0 Å². The summed E-state index contributed by atoms with van der Waals surface area (Å²) in [7, 11) is 1.69. The van der Waals surface area contributed by atoms with E-state index in [1.54, 1.807) is 7.11 Å². The van der Waals surface area contributed by atoms with Crippen molar-refractivity contribution >= 4 is 28.5 Å². The van der Waals surface area contributed by atoms with Gasteiger partial charge in [-0.05, 0) is 44.4 Å². The summed E-state index contributed by atoms with van der Waals surface area (Å²) in [6.07, 6.45) is 2.04. The summed E-state index contributed by atoms with van der Waals surface area (Å²) >= 11 is 6.25. The van der Waals surface area contributed by atoms with Crippen LogP contribution in [0.3, 0.4) is 0 Å². The maximum atomic E-state index is 12.8. The van der Waals surface area contributed by atoms with Crippen LogP contribution in [0.25, 0.3) is 11.0 Å². The summed E-state index contributed by atoms with van der Waals surface area (Å²) < 4.78 is 11.2. The third-order valence-electron chi connectivity index (χ3n) is 4.33. The minimum absolute atomic E-state index is 0.0795. The van der Waals surface area contributed by atoms with Gasteiger partial charge < -0.3 is 14.1 Å². The number of likely N-dealkylation sites (tertiary alicyclic amines) is 1. The second-order valence-electron chi connectivity index (χ2n) is 5.93. The van der Waals surface area contributed by atoms with Crippen LogP contribution in [0.15, 0.2) is 16.5 Å². The summed E-state index contributed by atoms with van der Waals surface area (Å²) in [6.45, 7) is 5.24. The van der Waals surface area contributed by atoms with E-state index in [1.807, 2.05) is 30.9 Å². The van der Waals surface area contributed by atoms with Crippen molar-refractivity contribution in [1.29, 1.82) is 0 Å². The number of hydrogen-bond acceptors (Lipinski definition) is 3. The highest BCUT2D eigenvalue weighted by Crippen LogP contribution is 2.33. The molecule has 0 bridgehead atoms. The van der Waals surface area contributed by atoms with Gasteiger partial charge in [0.1, 0.15) is 0 Å². The summed E-state index contributed by atoms with van der Waals surface area (Å²) in [5, 5.41) is 1.46. The van der Waals surface area contributed by atoms with Crippen molar-refractivity contribution in [1.82, 2.24) is 4.90 Å². The lowest BCUT2D eigenvalue weighted by Gasteiger charge is -2.31. The molecule has 0 saturated carbocycles. The molecular formula is C17H20ClNO3. The lowest BCUT2D eigenvalue weighted by atomic mass is 10.1. The summed E-state index contributed by atoms with van der Waals surface area (Å²) in [6, 6.07) is 3.86. The zero-order chi connectivity index (χ0) is 15.9. The second kappa shape index (κ2) is 5.94. The maximum Gasteiger partial charge on any atom is 0.289 e. The number of hydrogen-bond donors (Lipinski definition) is 0. The van der Waals surface area contributed by atoms with Crippen LogP contribution in [0.2, 0.25) is 5.02 Å². The van der Waals surface area contributed by atoms with E-state index in [-0.39, 0.29) is 12.0 Å². The van der Waals surface area contributed by atoms with Gasteiger partial charge in [-0.3, -0.25) is 4.79 Å². The van der Waals surface area contributed by atoms with Crippen LogP contribution in [-0.4, -0.2) is 37.1 Å². The number of aryl methyl sites for hydroxylation is 2. The fourth-order valence-corrected chi connectivity index (χ4v) is 3.39. The topological polar surface area (TPSA) is 42.7 Å². The number of benzene rings is 1. The molecule has 0 aliphatic carbocycles. The number of carbonyl (C=O) groups excluding carboxylic acids is 1. The number of fused-ring (bicyclic) bond motifs is 1. The standard InChI is InChI=1S/C17H20ClNO3/c1-10-7-13-11(2)15(22-16(13)14(18)8-10)17(20)19-6-4-5-12(9-19)21-3/h7-8,12H,4-6,9H2,1-3H3/t12-/m0/s1. The Morgan fingerprint density at radius 3 is 2.91 bits per heavy atom. The van der Waals surface area contributed by atoms with E-state index in [4.69, 9.17) is 20.8 Å². The highest BCUT2D eigenvalue weighted by Gasteiger charge is 2.28. The molecule has 1 saturated heterocycles. The van der Waals surface area contributed by atoms with Crippen molar-refractivity contribution in [3.05, 3.63) is 34.0 Å². The largest absolute Gasteiger partial charge is 0.449 e. The number of piperidine rings is 1. The molecule has 0 spiro atoms. The lowest BCUT2D eigenvalue weighted by Crippen LogP contribution is -2.42. The molecule has 1 atom stereocenters. The lowest BCUT2D eigenvalue weighted by molar-refractivity contribution is 0.0253. The van der Waals surface area contributed by atoms with Gasteiger partial charge in [-0.1, -0.05) is 11.6 Å². The van der Waals surface area contributed by atoms with Crippen molar-refractivity contribution < 1.29 is 13.9 Å². The van der Waals surface area contributed by atoms with E-state index < -0.39 is 0 Å². The molecule has 0 unspecified atom stereocenters. The SMILES string of the molecule is CO[C@H]1CCCN(C(=O)c2oc3c(Cl)cc(C)cc3c2C)C1. The average Bonchev–Trinajstić information content (AvgIpc) is 2.84. The first-order chi connectivity index (χ1) is 10.5. The minimum atomic E-state index is -0.0795. The van der Waals surface area contributed by atoms with Crippen molar-refractivity contribution in [2.45, 2.75) is 32.8 Å². The number of amides is 1. The summed E-state index contributed by atoms with van der Waals surface area (Å²) in [4.78, 5) is 14.6. The minimum Gasteiger partial charge on any atom is -0.449 e. The molecule has 0 radical (unpaired) electrons. The molecule has 0 N–H and O–H groups in total. The fourth-order valence-electron chi connectivity index (χ4n) is 3.07. The Balaban J connectivity index is 1.97. The third-order valence-corrected chi connectivity index (χ3v) is 4.61. The van der Waals surface area contributed by atoms with Crippen LogP contribution in [-0.2, 0) is 4.74 Å². The molecule has 5 heteroatoms. The van der Waals surface area contributed by atoms with Gasteiger partial charge in [-0.25, -0.2) is 0 Å². The van der Waals surface area contributed by atoms with Crippen molar-refractivity contribution in [3.63, 3.8) is 0 Å². The van der Waals surface area contributed by atoms with Gasteiger partial charge in [0.25, 0.3) is 5.91 Å². The smallest absolute Gasteiger partial charge is 0.289 e. The normalized spacial score (nSPS) is 18.9. The van der Waals surface area contributed by atoms with Crippen LogP contribution in [0, 0.1) is 13.8 Å². The zero-order valence-electron chi connectivity index (χ0n) is 13.1. The molecule has 1 amide bonds. The Kier molecular flexibility index (Phi) is 4.15. The fraction of sp³-hybridized carbons (Fsp3) is 0.471. The molecule has 1 aliphatic rings. The molecule has 118 valence electrons. The quantitative estimate of drug-likeness (QED) is 0.841. The molecule has 1 fully saturated rings. The Morgan fingerprint density at radius 2 is 2.18 bits per heavy atom. The third kappa shape index (κ3) is 2.61. The first-order valence-electron chi connectivity index (χ1n) is 7.52. The molecule has 1 aromatic heterocycles. The molecule has 1 aromatic carbocycles. The number of methoxy groups -OCH3 is 1. The van der Waals surface area contributed by atoms with Crippen LogP contribution < -0.4 is 0 Å². The van der Waals surface area contributed by atoms with Gasteiger partial charge in [0, 0.05) is 31.1 Å². The Morgan fingerprint density at radius 1 is 1.41 bits per heavy atom. The molecule has 1 aliphatic heterocycles. The summed E-state index contributed by atoms with van der Waals surface area (Å²) in [5.74, 6) is 0.309. The number of ether oxygens (including phenoxy) is 1. The first kappa shape index (κ1) is 15.4. The van der Waals surface area contributed by atoms with Crippen molar-refractivity contribution in [2.75, 3.05) is 20.2 Å². The number of rotatable bonds is 2. The number of furan rings is 1. The van der Waals surface area contributed by atoms with Crippen LogP contribution in [0.1, 0.15) is 34.5 Å². The van der Waals surface area contributed by atoms with Gasteiger partial charge >= 0.3 is 0 Å². The highest BCUT2D eigenvalue weighted by molar-refractivity contribution is 6.35. The van der Waals surface area contributed by atoms with E-state index in [0.29, 0.717) is 22.9 Å². The summed E-state index contributed by atoms with van der Waals surface area (Å²) in [5.41, 5.74) is 2.50. The van der Waals surface area contributed by atoms with E-state index in [1.165, 1.54) is 0 Å². The van der Waals surface area contributed by atoms with E-state index in [0.717, 1.165) is 35.9 Å². The Bertz CT molecular complexity index is 722. The molecule has 2 heterocycles. The van der Waals surface area contributed by atoms with Gasteiger partial charge in [0.15, 0.2) is 11.3 Å². The highest BCUT2D eigenvalue weighted by atomic mass is 35.5. The van der Waals surface area contributed by atoms with Crippen molar-refractivity contribution in [2.24, 2.45) is 0 Å². The van der Waals surface area contributed by atoms with Gasteiger partial charge in [-0.2, -0.15) is 0 Å². The number of halogens is 1. The van der Waals surface area contributed by atoms with Gasteiger partial charge in [-0.15, -0.1) is 0 Å². The predicted octanol–water partition coefficient (Wildman–Crippen LogP) is 3.95. The van der Waals surface area contributed by atoms with E-state index >= 15 is 0 Å². The van der Waals surface area contributed by atoms with Crippen LogP contribution >= 0.6 is 11.6 Å². The van der Waals surface area contributed by atoms with E-state index in [2.05, 4.69) is 0 Å². The maximum absolute atomic E-state index is 12.8. The van der Waals surface area contributed by atoms with Crippen LogP contribution in [0.4, 0.5) is 0 Å². The zero-order valence-corrected chi connectivity index (χ0v) is 13.9. The Hall–Kier alpha value is -1.52. The Labute approximate surface area is 135 Å². The number of nitrogens with zero attached hydrogens (tertiary/aromatic N) is 1. The molecule has 3 rings (SSSR count). The van der Waals surface area contributed by atoms with E-state index in [9.17, 15) is 4.79 Å². The second-order valence-corrected chi connectivity index (χ2v) is 6.34. The predicted molar refractivity (Wildman–Crippen MR) is 86.6 cm³/mol. The molecular weight excluding hydrogens is 302 g/mol. The monoisotopic (exact) mass is 321 g/mol. The molecule has 2 aromatic rings. The molecule has 4 nitrogen and oxygen atoms in total. The molecule has 22 heavy (non-hydrogen) atoms. The average molecular weight is 322 g/mol. The van der Waals surface area contributed by atoms with Crippen LogP contribution in [0.5, 0.6) is 0 Å². The first-order valence-corrected chi connectivity index (χ1v) is 7.90. The number of carbonyl (C=O) groups is 1. The van der Waals surface area contributed by atoms with Gasteiger partial charge in [0.2, 0.25) is 0 Å².